The highest BCUT2D eigenvalue weighted by molar-refractivity contribution is 5.97. The topological polar surface area (TPSA) is 76.7 Å². The Morgan fingerprint density at radius 3 is 2.36 bits per heavy atom. The minimum atomic E-state index is -0.376. The van der Waals surface area contributed by atoms with Crippen LogP contribution in [0.25, 0.3) is 0 Å². The van der Waals surface area contributed by atoms with E-state index in [2.05, 4.69) is 10.5 Å². The Labute approximate surface area is 146 Å². The van der Waals surface area contributed by atoms with Crippen LogP contribution < -0.4 is 11.1 Å². The van der Waals surface area contributed by atoms with Crippen molar-refractivity contribution in [2.45, 2.75) is 27.7 Å². The van der Waals surface area contributed by atoms with Gasteiger partial charge in [-0.2, -0.15) is 0 Å². The Hall–Kier alpha value is -2.89. The number of benzene rings is 2. The smallest absolute Gasteiger partial charge is 0.265 e. The van der Waals surface area contributed by atoms with Crippen LogP contribution in [0.4, 0.5) is 10.1 Å². The number of carbonyl (C=O) groups is 1. The van der Waals surface area contributed by atoms with Crippen LogP contribution in [-0.4, -0.2) is 18.3 Å². The van der Waals surface area contributed by atoms with E-state index in [9.17, 15) is 9.18 Å². The number of nitrogens with zero attached hydrogens (tertiary/aromatic N) is 1. The summed E-state index contributed by atoms with van der Waals surface area (Å²) in [6, 6.07) is 8.50. The van der Waals surface area contributed by atoms with Gasteiger partial charge in [0, 0.05) is 11.3 Å². The maximum atomic E-state index is 13.5. The van der Waals surface area contributed by atoms with Gasteiger partial charge in [-0.05, 0) is 50.5 Å². The molecule has 0 bridgehead atoms. The molecule has 1 amide bonds. The second-order valence-corrected chi connectivity index (χ2v) is 6.04. The number of oxime groups is 1. The monoisotopic (exact) mass is 343 g/mol. The van der Waals surface area contributed by atoms with E-state index in [1.807, 2.05) is 32.9 Å². The molecule has 0 heterocycles. The number of aryl methyl sites for hydroxylation is 4. The Balaban J connectivity index is 1.97. The number of hydrogen-bond acceptors (Lipinski definition) is 3. The summed E-state index contributed by atoms with van der Waals surface area (Å²) in [6.07, 6.45) is 0. The fourth-order valence-corrected chi connectivity index (χ4v) is 2.52. The fourth-order valence-electron chi connectivity index (χ4n) is 2.52. The van der Waals surface area contributed by atoms with E-state index in [0.717, 1.165) is 22.4 Å². The molecule has 0 aromatic heterocycles. The Morgan fingerprint density at radius 2 is 1.76 bits per heavy atom. The fraction of sp³-hybridized carbons (Fsp3) is 0.263. The third-order valence-corrected chi connectivity index (χ3v) is 3.77. The van der Waals surface area contributed by atoms with Gasteiger partial charge < -0.3 is 15.9 Å². The first-order chi connectivity index (χ1) is 11.8. The van der Waals surface area contributed by atoms with Gasteiger partial charge in [-0.3, -0.25) is 4.79 Å². The third kappa shape index (κ3) is 4.79. The van der Waals surface area contributed by atoms with Crippen molar-refractivity contribution < 1.29 is 14.0 Å². The van der Waals surface area contributed by atoms with Gasteiger partial charge in [0.05, 0.1) is 0 Å². The molecule has 3 N–H and O–H groups in total. The molecule has 2 rings (SSSR count). The zero-order valence-electron chi connectivity index (χ0n) is 14.8. The molecular weight excluding hydrogens is 321 g/mol. The van der Waals surface area contributed by atoms with Gasteiger partial charge in [0.25, 0.3) is 5.91 Å². The lowest BCUT2D eigenvalue weighted by atomic mass is 10.1. The summed E-state index contributed by atoms with van der Waals surface area (Å²) in [5, 5.41) is 6.47. The largest absolute Gasteiger partial charge is 0.384 e. The van der Waals surface area contributed by atoms with E-state index in [0.29, 0.717) is 11.1 Å². The number of anilines is 1. The summed E-state index contributed by atoms with van der Waals surface area (Å²) in [4.78, 5) is 17.0. The first-order valence-electron chi connectivity index (χ1n) is 7.87. The summed E-state index contributed by atoms with van der Waals surface area (Å²) in [6.45, 7) is 7.22. The van der Waals surface area contributed by atoms with Crippen LogP contribution in [0, 0.1) is 33.5 Å². The van der Waals surface area contributed by atoms with Gasteiger partial charge in [0.2, 0.25) is 0 Å². The van der Waals surface area contributed by atoms with Crippen molar-refractivity contribution in [3.63, 3.8) is 0 Å². The quantitative estimate of drug-likeness (QED) is 0.497. The van der Waals surface area contributed by atoms with E-state index in [1.54, 1.807) is 19.1 Å². The molecule has 0 saturated carbocycles. The summed E-state index contributed by atoms with van der Waals surface area (Å²) < 4.78 is 13.5. The Morgan fingerprint density at radius 1 is 1.12 bits per heavy atom. The first-order valence-corrected chi connectivity index (χ1v) is 7.87. The first kappa shape index (κ1) is 18.4. The van der Waals surface area contributed by atoms with Gasteiger partial charge in [-0.25, -0.2) is 4.39 Å². The van der Waals surface area contributed by atoms with E-state index in [-0.39, 0.29) is 24.2 Å². The maximum absolute atomic E-state index is 13.5. The van der Waals surface area contributed by atoms with Gasteiger partial charge in [0.15, 0.2) is 12.4 Å². The van der Waals surface area contributed by atoms with E-state index in [1.165, 1.54) is 6.07 Å². The van der Waals surface area contributed by atoms with Crippen LogP contribution in [0.2, 0.25) is 0 Å². The lowest BCUT2D eigenvalue weighted by Crippen LogP contribution is -2.20. The number of hydrogen-bond donors (Lipinski definition) is 2. The third-order valence-electron chi connectivity index (χ3n) is 3.77. The molecule has 0 spiro atoms. The van der Waals surface area contributed by atoms with Crippen LogP contribution in [-0.2, 0) is 9.63 Å². The number of amidine groups is 1. The molecule has 0 aliphatic rings. The van der Waals surface area contributed by atoms with E-state index >= 15 is 0 Å². The SMILES string of the molecule is Cc1cc(C)c(NC(=O)CO/N=C(\N)c2ccc(C)c(F)c2)c(C)c1. The molecule has 2 aromatic carbocycles. The number of carbonyl (C=O) groups excluding carboxylic acids is 1. The second kappa shape index (κ2) is 7.79. The van der Waals surface area contributed by atoms with E-state index < -0.39 is 0 Å². The van der Waals surface area contributed by atoms with E-state index in [4.69, 9.17) is 10.6 Å². The molecule has 0 atom stereocenters. The van der Waals surface area contributed by atoms with Gasteiger partial charge in [-0.1, -0.05) is 35.0 Å². The summed E-state index contributed by atoms with van der Waals surface area (Å²) in [5.74, 6) is -0.713. The van der Waals surface area contributed by atoms with Crippen molar-refractivity contribution >= 4 is 17.4 Å². The molecule has 0 radical (unpaired) electrons. The molecule has 0 aliphatic carbocycles. The van der Waals surface area contributed by atoms with Crippen LogP contribution in [0.3, 0.4) is 0 Å². The van der Waals surface area contributed by atoms with Crippen molar-refractivity contribution in [2.75, 3.05) is 11.9 Å². The van der Waals surface area contributed by atoms with Crippen LogP contribution >= 0.6 is 0 Å². The zero-order valence-corrected chi connectivity index (χ0v) is 14.8. The predicted molar refractivity (Wildman–Crippen MR) is 97.1 cm³/mol. The summed E-state index contributed by atoms with van der Waals surface area (Å²) >= 11 is 0. The minimum Gasteiger partial charge on any atom is -0.384 e. The molecule has 5 nitrogen and oxygen atoms in total. The van der Waals surface area contributed by atoms with Crippen LogP contribution in [0.15, 0.2) is 35.5 Å². The van der Waals surface area contributed by atoms with Crippen molar-refractivity contribution in [2.24, 2.45) is 10.9 Å². The van der Waals surface area contributed by atoms with Crippen LogP contribution in [0.1, 0.15) is 27.8 Å². The Bertz CT molecular complexity index is 808. The highest BCUT2D eigenvalue weighted by Gasteiger charge is 2.09. The highest BCUT2D eigenvalue weighted by Crippen LogP contribution is 2.21. The lowest BCUT2D eigenvalue weighted by Gasteiger charge is -2.12. The molecule has 2 aromatic rings. The molecule has 0 aliphatic heterocycles. The van der Waals surface area contributed by atoms with Gasteiger partial charge in [0.1, 0.15) is 5.82 Å². The van der Waals surface area contributed by atoms with Crippen molar-refractivity contribution in [3.05, 3.63) is 64.0 Å². The average Bonchev–Trinajstić information content (AvgIpc) is 2.53. The average molecular weight is 343 g/mol. The normalized spacial score (nSPS) is 11.3. The van der Waals surface area contributed by atoms with Crippen molar-refractivity contribution in [1.29, 1.82) is 0 Å². The van der Waals surface area contributed by atoms with Gasteiger partial charge >= 0.3 is 0 Å². The molecule has 0 fully saturated rings. The number of halogens is 1. The molecule has 25 heavy (non-hydrogen) atoms. The number of nitrogens with two attached hydrogens (primary N) is 1. The zero-order chi connectivity index (χ0) is 18.6. The summed E-state index contributed by atoms with van der Waals surface area (Å²) in [5.41, 5.74) is 10.5. The van der Waals surface area contributed by atoms with Gasteiger partial charge in [-0.15, -0.1) is 0 Å². The molecular formula is C19H22FN3O2. The number of amides is 1. The standard InChI is InChI=1S/C19H22FN3O2/c1-11-7-13(3)18(14(4)8-11)22-17(24)10-25-23-19(21)15-6-5-12(2)16(20)9-15/h5-9H,10H2,1-4H3,(H2,21,23)(H,22,24). The molecule has 6 heteroatoms. The predicted octanol–water partition coefficient (Wildman–Crippen LogP) is 3.33. The number of rotatable bonds is 5. The molecule has 0 unspecified atom stereocenters. The number of nitrogens with one attached hydrogen (secondary N) is 1. The van der Waals surface area contributed by atoms with Crippen molar-refractivity contribution in [3.8, 4) is 0 Å². The lowest BCUT2D eigenvalue weighted by molar-refractivity contribution is -0.120. The Kier molecular flexibility index (Phi) is 5.75. The van der Waals surface area contributed by atoms with Crippen molar-refractivity contribution in [1.82, 2.24) is 0 Å². The molecule has 132 valence electrons. The highest BCUT2D eigenvalue weighted by atomic mass is 19.1. The maximum Gasteiger partial charge on any atom is 0.265 e. The molecule has 0 saturated heterocycles. The van der Waals surface area contributed by atoms with Crippen LogP contribution in [0.5, 0.6) is 0 Å². The summed E-state index contributed by atoms with van der Waals surface area (Å²) in [7, 11) is 0. The minimum absolute atomic E-state index is 0.00870. The second-order valence-electron chi connectivity index (χ2n) is 6.04.